The van der Waals surface area contributed by atoms with Crippen molar-refractivity contribution in [1.82, 2.24) is 0 Å². The van der Waals surface area contributed by atoms with Crippen LogP contribution in [0.2, 0.25) is 0 Å². The molecule has 8 bridgehead atoms. The van der Waals surface area contributed by atoms with Crippen molar-refractivity contribution in [2.24, 2.45) is 0 Å². The van der Waals surface area contributed by atoms with E-state index in [4.69, 9.17) is 0 Å². The summed E-state index contributed by atoms with van der Waals surface area (Å²) in [7, 11) is 0. The van der Waals surface area contributed by atoms with E-state index in [0.29, 0.717) is 5.75 Å². The first-order valence-electron chi connectivity index (χ1n) is 22.8. The zero-order chi connectivity index (χ0) is 44.0. The number of hydrogen-bond acceptors (Lipinski definition) is 3. The van der Waals surface area contributed by atoms with E-state index in [0.717, 1.165) is 47.9 Å². The fourth-order valence-electron chi connectivity index (χ4n) is 11.1. The number of benzene rings is 4. The number of hydrogen-bond donors (Lipinski definition) is 2. The Morgan fingerprint density at radius 3 is 1.00 bits per heavy atom. The van der Waals surface area contributed by atoms with Crippen molar-refractivity contribution in [2.45, 2.75) is 194 Å². The molecular formula is C56H78O2S. The molecule has 4 aromatic rings. The summed E-state index contributed by atoms with van der Waals surface area (Å²) in [5.41, 5.74) is 17.1. The fraction of sp³-hybridized carbons (Fsp3) is 0.571. The molecule has 0 radical (unpaired) electrons. The molecule has 0 spiro atoms. The maximum absolute atomic E-state index is 15.7. The minimum atomic E-state index is -1.60. The molecule has 0 atom stereocenters. The standard InChI is InChI=1S/C56H78O2S/c1-19-21-37-39-29-43(51(7,8)9)47(25-33(39)3)55(58,48-26-34(4)40(37)30-44(48)52(10,11)12)56(59-24-23-57)49-27-35(5)41(31-45(49)53(13,14)15)38(22-20-2)42-32-46(54(16,17)18)50(56)28-36(42)6/h25-32,37-38,57-58H,19-24H2,1-18H3. The molecule has 0 saturated carbocycles. The van der Waals surface area contributed by atoms with Gasteiger partial charge in [-0.3, -0.25) is 0 Å². The minimum Gasteiger partial charge on any atom is -0.396 e. The predicted octanol–water partition coefficient (Wildman–Crippen LogP) is 14.5. The summed E-state index contributed by atoms with van der Waals surface area (Å²) in [6.45, 7) is 42.0. The molecule has 0 saturated heterocycles. The van der Waals surface area contributed by atoms with E-state index in [1.165, 1.54) is 66.8 Å². The molecule has 320 valence electrons. The van der Waals surface area contributed by atoms with Gasteiger partial charge in [0.1, 0.15) is 10.3 Å². The van der Waals surface area contributed by atoms with Crippen molar-refractivity contribution in [3.63, 3.8) is 0 Å². The first-order valence-corrected chi connectivity index (χ1v) is 23.8. The van der Waals surface area contributed by atoms with Crippen LogP contribution in [0.25, 0.3) is 0 Å². The van der Waals surface area contributed by atoms with Crippen molar-refractivity contribution in [1.29, 1.82) is 0 Å². The zero-order valence-corrected chi connectivity index (χ0v) is 41.1. The Kier molecular flexibility index (Phi) is 12.0. The first-order chi connectivity index (χ1) is 27.2. The largest absolute Gasteiger partial charge is 0.396 e. The van der Waals surface area contributed by atoms with Gasteiger partial charge in [-0.2, -0.15) is 0 Å². The number of rotatable bonds is 8. The lowest BCUT2D eigenvalue weighted by atomic mass is 9.57. The van der Waals surface area contributed by atoms with E-state index in [1.807, 2.05) is 0 Å². The van der Waals surface area contributed by atoms with Crippen LogP contribution in [0.3, 0.4) is 0 Å². The van der Waals surface area contributed by atoms with Gasteiger partial charge in [0, 0.05) is 17.6 Å². The third-order valence-electron chi connectivity index (χ3n) is 14.0. The molecule has 2 nitrogen and oxygen atoms in total. The van der Waals surface area contributed by atoms with Gasteiger partial charge in [-0.25, -0.2) is 0 Å². The van der Waals surface area contributed by atoms with Crippen molar-refractivity contribution >= 4 is 11.8 Å². The lowest BCUT2D eigenvalue weighted by molar-refractivity contribution is 0.0437. The zero-order valence-electron chi connectivity index (χ0n) is 40.3. The van der Waals surface area contributed by atoms with Gasteiger partial charge in [-0.05, 0) is 151 Å². The topological polar surface area (TPSA) is 40.5 Å². The van der Waals surface area contributed by atoms with Crippen LogP contribution < -0.4 is 0 Å². The van der Waals surface area contributed by atoms with E-state index in [9.17, 15) is 5.11 Å². The van der Waals surface area contributed by atoms with Crippen LogP contribution in [0.1, 0.15) is 223 Å². The first kappa shape index (κ1) is 45.7. The molecule has 3 heteroatoms. The molecule has 8 aliphatic carbocycles. The van der Waals surface area contributed by atoms with Crippen LogP contribution in [-0.2, 0) is 32.0 Å². The summed E-state index contributed by atoms with van der Waals surface area (Å²) >= 11 is 1.76. The Bertz CT molecular complexity index is 2100. The highest BCUT2D eigenvalue weighted by Gasteiger charge is 2.61. The molecule has 0 unspecified atom stereocenters. The van der Waals surface area contributed by atoms with Crippen molar-refractivity contribution < 1.29 is 10.2 Å². The maximum Gasteiger partial charge on any atom is 0.138 e. The van der Waals surface area contributed by atoms with Crippen LogP contribution >= 0.6 is 11.8 Å². The Balaban J connectivity index is 2.06. The molecule has 0 aromatic heterocycles. The lowest BCUT2D eigenvalue weighted by Gasteiger charge is -2.55. The second-order valence-electron chi connectivity index (χ2n) is 22.7. The summed E-state index contributed by atoms with van der Waals surface area (Å²) in [4.78, 5) is 0. The lowest BCUT2D eigenvalue weighted by Crippen LogP contribution is -2.53. The molecule has 2 N–H and O–H groups in total. The molecule has 0 aliphatic heterocycles. The van der Waals surface area contributed by atoms with Gasteiger partial charge in [-0.15, -0.1) is 11.8 Å². The van der Waals surface area contributed by atoms with Crippen molar-refractivity contribution in [3.05, 3.63) is 138 Å². The fourth-order valence-corrected chi connectivity index (χ4v) is 12.6. The number of aryl methyl sites for hydroxylation is 4. The molecule has 12 rings (SSSR count). The van der Waals surface area contributed by atoms with E-state index in [1.54, 1.807) is 11.8 Å². The predicted molar refractivity (Wildman–Crippen MR) is 256 cm³/mol. The number of aliphatic hydroxyl groups excluding tert-OH is 1. The Morgan fingerprint density at radius 2 is 0.746 bits per heavy atom. The number of thioether (sulfide) groups is 1. The second-order valence-corrected chi connectivity index (χ2v) is 24.0. The SMILES string of the molecule is CCCC1c2cc(C(C)(C)C)c(cc2C)C(O)(C2(SCCO)c3cc(C)c(cc3C(C)(C)C)C(CCC)c3cc(C(C)(C)C)c2cc3C)c2cc(C)c1cc2C(C)(C)C. The van der Waals surface area contributed by atoms with Crippen molar-refractivity contribution in [3.8, 4) is 0 Å². The van der Waals surface area contributed by atoms with Gasteiger partial charge in [-0.1, -0.05) is 158 Å². The smallest absolute Gasteiger partial charge is 0.138 e. The highest BCUT2D eigenvalue weighted by molar-refractivity contribution is 8.00. The summed E-state index contributed by atoms with van der Waals surface area (Å²) in [5, 5.41) is 26.8. The Morgan fingerprint density at radius 1 is 0.475 bits per heavy atom. The maximum atomic E-state index is 15.7. The third-order valence-corrected chi connectivity index (χ3v) is 15.5. The van der Waals surface area contributed by atoms with Gasteiger partial charge in [0.25, 0.3) is 0 Å². The molecule has 0 fully saturated rings. The van der Waals surface area contributed by atoms with Crippen LogP contribution in [0, 0.1) is 27.7 Å². The molecule has 0 amide bonds. The summed E-state index contributed by atoms with van der Waals surface area (Å²) in [6.07, 6.45) is 4.31. The Hall–Kier alpha value is -2.85. The average molecular weight is 815 g/mol. The second kappa shape index (κ2) is 15.5. The molecule has 8 aliphatic rings. The van der Waals surface area contributed by atoms with E-state index in [-0.39, 0.29) is 40.1 Å². The molecule has 0 heterocycles. The van der Waals surface area contributed by atoms with Gasteiger partial charge < -0.3 is 10.2 Å². The van der Waals surface area contributed by atoms with Crippen LogP contribution in [0.15, 0.2) is 48.5 Å². The van der Waals surface area contributed by atoms with Gasteiger partial charge in [0.15, 0.2) is 0 Å². The summed E-state index contributed by atoms with van der Waals surface area (Å²) < 4.78 is -1.10. The average Bonchev–Trinajstić information content (AvgIpc) is 3.11. The molecule has 4 aromatic carbocycles. The summed E-state index contributed by atoms with van der Waals surface area (Å²) in [5.74, 6) is 0.975. The third kappa shape index (κ3) is 7.39. The minimum absolute atomic E-state index is 0.00219. The Labute approximate surface area is 364 Å². The highest BCUT2D eigenvalue weighted by atomic mass is 32.2. The van der Waals surface area contributed by atoms with Crippen LogP contribution in [0.5, 0.6) is 0 Å². The normalized spacial score (nSPS) is 21.8. The van der Waals surface area contributed by atoms with E-state index in [2.05, 4.69) is 173 Å². The van der Waals surface area contributed by atoms with Gasteiger partial charge in [0.2, 0.25) is 0 Å². The van der Waals surface area contributed by atoms with Gasteiger partial charge in [0.05, 0.1) is 6.61 Å². The van der Waals surface area contributed by atoms with Crippen LogP contribution in [-0.4, -0.2) is 22.6 Å². The monoisotopic (exact) mass is 815 g/mol. The van der Waals surface area contributed by atoms with Crippen LogP contribution in [0.4, 0.5) is 0 Å². The van der Waals surface area contributed by atoms with E-state index >= 15 is 5.11 Å². The summed E-state index contributed by atoms with van der Waals surface area (Å²) in [6, 6.07) is 19.9. The van der Waals surface area contributed by atoms with E-state index < -0.39 is 10.3 Å². The van der Waals surface area contributed by atoms with Gasteiger partial charge >= 0.3 is 0 Å². The quantitative estimate of drug-likeness (QED) is 0.186. The number of aliphatic hydroxyl groups is 2. The molecule has 59 heavy (non-hydrogen) atoms. The molecular weight excluding hydrogens is 737 g/mol. The van der Waals surface area contributed by atoms with Crippen molar-refractivity contribution in [2.75, 3.05) is 12.4 Å². The highest BCUT2D eigenvalue weighted by Crippen LogP contribution is 2.65.